The summed E-state index contributed by atoms with van der Waals surface area (Å²) in [4.78, 5) is 28.9. The summed E-state index contributed by atoms with van der Waals surface area (Å²) in [7, 11) is 0. The van der Waals surface area contributed by atoms with Crippen LogP contribution in [0.2, 0.25) is 0 Å². The number of ether oxygens (including phenoxy) is 1. The van der Waals surface area contributed by atoms with Crippen LogP contribution in [0.15, 0.2) is 54.6 Å². The van der Waals surface area contributed by atoms with E-state index in [1.165, 1.54) is 5.69 Å². The van der Waals surface area contributed by atoms with Gasteiger partial charge in [0.1, 0.15) is 6.10 Å². The Bertz CT molecular complexity index is 860. The molecular formula is C23H28N4O3. The van der Waals surface area contributed by atoms with Crippen LogP contribution in [0, 0.1) is 0 Å². The van der Waals surface area contributed by atoms with E-state index in [2.05, 4.69) is 27.7 Å². The van der Waals surface area contributed by atoms with Crippen LogP contribution >= 0.6 is 0 Å². The molecule has 7 heteroatoms. The normalized spacial score (nSPS) is 18.9. The molecule has 2 aromatic carbocycles. The van der Waals surface area contributed by atoms with E-state index in [9.17, 15) is 9.59 Å². The van der Waals surface area contributed by atoms with Crippen molar-refractivity contribution >= 4 is 23.3 Å². The quantitative estimate of drug-likeness (QED) is 0.798. The standard InChI is InChI=1S/C23H28N4O3/c28-22(21-10-5-15-30-21)25-19-7-4-6-18(16-19)17-24-23(29)27-13-11-26(12-14-27)20-8-2-1-3-9-20/h1-4,6-9,16,21H,5,10-15,17H2,(H,24,29)(H,25,28). The summed E-state index contributed by atoms with van der Waals surface area (Å²) in [5.41, 5.74) is 2.86. The smallest absolute Gasteiger partial charge is 0.317 e. The second kappa shape index (κ2) is 9.63. The number of hydrogen-bond acceptors (Lipinski definition) is 4. The van der Waals surface area contributed by atoms with Gasteiger partial charge >= 0.3 is 6.03 Å². The molecule has 0 aromatic heterocycles. The van der Waals surface area contributed by atoms with E-state index < -0.39 is 0 Å². The van der Waals surface area contributed by atoms with Gasteiger partial charge in [0.05, 0.1) is 0 Å². The minimum Gasteiger partial charge on any atom is -0.368 e. The van der Waals surface area contributed by atoms with Crippen molar-refractivity contribution in [2.24, 2.45) is 0 Å². The van der Waals surface area contributed by atoms with Gasteiger partial charge in [-0.1, -0.05) is 30.3 Å². The molecule has 0 spiro atoms. The minimum absolute atomic E-state index is 0.0588. The average Bonchev–Trinajstić information content (AvgIpc) is 3.34. The van der Waals surface area contributed by atoms with Gasteiger partial charge in [0.25, 0.3) is 5.91 Å². The highest BCUT2D eigenvalue weighted by molar-refractivity contribution is 5.94. The highest BCUT2D eigenvalue weighted by Crippen LogP contribution is 2.17. The Hall–Kier alpha value is -3.06. The van der Waals surface area contributed by atoms with Crippen molar-refractivity contribution < 1.29 is 14.3 Å². The molecule has 2 aliphatic heterocycles. The van der Waals surface area contributed by atoms with Gasteiger partial charge in [-0.3, -0.25) is 4.79 Å². The number of hydrogen-bond donors (Lipinski definition) is 2. The number of carbonyl (C=O) groups excluding carboxylic acids is 2. The number of carbonyl (C=O) groups is 2. The molecule has 0 bridgehead atoms. The van der Waals surface area contributed by atoms with Crippen molar-refractivity contribution in [1.82, 2.24) is 10.2 Å². The Morgan fingerprint density at radius 3 is 2.53 bits per heavy atom. The molecule has 2 aromatic rings. The molecule has 0 radical (unpaired) electrons. The fourth-order valence-electron chi connectivity index (χ4n) is 3.86. The predicted octanol–water partition coefficient (Wildman–Crippen LogP) is 2.84. The summed E-state index contributed by atoms with van der Waals surface area (Å²) in [6.45, 7) is 4.09. The van der Waals surface area contributed by atoms with E-state index in [0.29, 0.717) is 26.2 Å². The summed E-state index contributed by atoms with van der Waals surface area (Å²) < 4.78 is 5.42. The van der Waals surface area contributed by atoms with Crippen molar-refractivity contribution in [1.29, 1.82) is 0 Å². The Labute approximate surface area is 177 Å². The summed E-state index contributed by atoms with van der Waals surface area (Å²) in [6.07, 6.45) is 1.33. The van der Waals surface area contributed by atoms with Gasteiger partial charge in [-0.15, -0.1) is 0 Å². The Morgan fingerprint density at radius 1 is 1.00 bits per heavy atom. The average molecular weight is 409 g/mol. The highest BCUT2D eigenvalue weighted by Gasteiger charge is 2.24. The maximum absolute atomic E-state index is 12.6. The third-order valence-electron chi connectivity index (χ3n) is 5.55. The van der Waals surface area contributed by atoms with E-state index >= 15 is 0 Å². The lowest BCUT2D eigenvalue weighted by Crippen LogP contribution is -2.51. The SMILES string of the molecule is O=C(Nc1cccc(CNC(=O)N2CCN(c3ccccc3)CC2)c1)C1CCCO1. The first kappa shape index (κ1) is 20.2. The summed E-state index contributed by atoms with van der Waals surface area (Å²) in [5.74, 6) is -0.107. The molecule has 2 N–H and O–H groups in total. The number of para-hydroxylation sites is 1. The number of benzene rings is 2. The minimum atomic E-state index is -0.358. The Morgan fingerprint density at radius 2 is 1.80 bits per heavy atom. The van der Waals surface area contributed by atoms with Gasteiger partial charge in [-0.05, 0) is 42.7 Å². The Balaban J connectivity index is 1.24. The van der Waals surface area contributed by atoms with Crippen LogP contribution in [0.4, 0.5) is 16.2 Å². The molecule has 1 unspecified atom stereocenters. The van der Waals surface area contributed by atoms with Crippen LogP contribution in [0.3, 0.4) is 0 Å². The largest absolute Gasteiger partial charge is 0.368 e. The van der Waals surface area contributed by atoms with Crippen LogP contribution < -0.4 is 15.5 Å². The molecular weight excluding hydrogens is 380 g/mol. The zero-order valence-corrected chi connectivity index (χ0v) is 17.0. The number of nitrogens with zero attached hydrogens (tertiary/aromatic N) is 2. The molecule has 4 rings (SSSR count). The number of nitrogens with one attached hydrogen (secondary N) is 2. The predicted molar refractivity (Wildman–Crippen MR) is 117 cm³/mol. The molecule has 3 amide bonds. The molecule has 2 saturated heterocycles. The molecule has 2 heterocycles. The van der Waals surface area contributed by atoms with Gasteiger partial charge in [-0.25, -0.2) is 4.79 Å². The lowest BCUT2D eigenvalue weighted by molar-refractivity contribution is -0.124. The third-order valence-corrected chi connectivity index (χ3v) is 5.55. The molecule has 30 heavy (non-hydrogen) atoms. The van der Waals surface area contributed by atoms with E-state index in [1.54, 1.807) is 0 Å². The zero-order chi connectivity index (χ0) is 20.8. The maximum atomic E-state index is 12.6. The fourth-order valence-corrected chi connectivity index (χ4v) is 3.86. The van der Waals surface area contributed by atoms with E-state index in [1.807, 2.05) is 47.4 Å². The zero-order valence-electron chi connectivity index (χ0n) is 17.0. The molecule has 1 atom stereocenters. The second-order valence-electron chi connectivity index (χ2n) is 7.66. The third kappa shape index (κ3) is 5.10. The van der Waals surface area contributed by atoms with Crippen LogP contribution in [-0.2, 0) is 16.1 Å². The Kier molecular flexibility index (Phi) is 6.49. The molecule has 158 valence electrons. The van der Waals surface area contributed by atoms with Crippen LogP contribution in [0.25, 0.3) is 0 Å². The summed E-state index contributed by atoms with van der Waals surface area (Å²) in [5, 5.41) is 5.89. The number of urea groups is 1. The number of rotatable bonds is 5. The van der Waals surface area contributed by atoms with Gasteiger partial charge in [-0.2, -0.15) is 0 Å². The van der Waals surface area contributed by atoms with Crippen LogP contribution in [0.5, 0.6) is 0 Å². The fraction of sp³-hybridized carbons (Fsp3) is 0.391. The molecule has 7 nitrogen and oxygen atoms in total. The van der Waals surface area contributed by atoms with Crippen LogP contribution in [0.1, 0.15) is 18.4 Å². The lowest BCUT2D eigenvalue weighted by Gasteiger charge is -2.36. The number of piperazine rings is 1. The van der Waals surface area contributed by atoms with Gasteiger partial charge in [0.15, 0.2) is 0 Å². The lowest BCUT2D eigenvalue weighted by atomic mass is 10.2. The monoisotopic (exact) mass is 408 g/mol. The first-order valence-electron chi connectivity index (χ1n) is 10.5. The maximum Gasteiger partial charge on any atom is 0.317 e. The number of amides is 3. The molecule has 2 aliphatic rings. The van der Waals surface area contributed by atoms with Crippen molar-refractivity contribution in [3.8, 4) is 0 Å². The molecule has 0 aliphatic carbocycles. The van der Waals surface area contributed by atoms with Gasteiger partial charge in [0.2, 0.25) is 0 Å². The van der Waals surface area contributed by atoms with E-state index in [-0.39, 0.29) is 18.0 Å². The first-order chi connectivity index (χ1) is 14.7. The topological polar surface area (TPSA) is 73.9 Å². The second-order valence-corrected chi connectivity index (χ2v) is 7.66. The first-order valence-corrected chi connectivity index (χ1v) is 10.5. The van der Waals surface area contributed by atoms with Crippen molar-refractivity contribution in [2.75, 3.05) is 43.0 Å². The summed E-state index contributed by atoms with van der Waals surface area (Å²) >= 11 is 0. The van der Waals surface area contributed by atoms with Crippen molar-refractivity contribution in [3.63, 3.8) is 0 Å². The van der Waals surface area contributed by atoms with E-state index in [4.69, 9.17) is 4.74 Å². The van der Waals surface area contributed by atoms with Gasteiger partial charge in [0, 0.05) is 50.7 Å². The van der Waals surface area contributed by atoms with Crippen molar-refractivity contribution in [3.05, 3.63) is 60.2 Å². The van der Waals surface area contributed by atoms with Gasteiger partial charge < -0.3 is 25.2 Å². The molecule has 0 saturated carbocycles. The van der Waals surface area contributed by atoms with Crippen LogP contribution in [-0.4, -0.2) is 55.7 Å². The highest BCUT2D eigenvalue weighted by atomic mass is 16.5. The molecule has 2 fully saturated rings. The van der Waals surface area contributed by atoms with Crippen molar-refractivity contribution in [2.45, 2.75) is 25.5 Å². The number of anilines is 2. The van der Waals surface area contributed by atoms with E-state index in [0.717, 1.165) is 37.2 Å². The summed E-state index contributed by atoms with van der Waals surface area (Å²) in [6, 6.07) is 17.8.